The number of aliphatic carboxylic acids is 1. The Balaban J connectivity index is 1.48. The van der Waals surface area contributed by atoms with E-state index >= 15 is 0 Å². The number of aryl methyl sites for hydroxylation is 2. The van der Waals surface area contributed by atoms with E-state index in [4.69, 9.17) is 4.74 Å². The first-order valence-electron chi connectivity index (χ1n) is 8.36. The molecule has 2 aliphatic carbocycles. The molecule has 1 aromatic heterocycles. The van der Waals surface area contributed by atoms with Crippen molar-refractivity contribution in [3.05, 3.63) is 23.0 Å². The third kappa shape index (κ3) is 2.36. The maximum atomic E-state index is 12.5. The van der Waals surface area contributed by atoms with Crippen molar-refractivity contribution in [3.8, 4) is 0 Å². The molecule has 0 radical (unpaired) electrons. The molecule has 0 unspecified atom stereocenters. The van der Waals surface area contributed by atoms with Gasteiger partial charge in [-0.15, -0.1) is 0 Å². The van der Waals surface area contributed by atoms with Crippen LogP contribution in [0.25, 0.3) is 0 Å². The van der Waals surface area contributed by atoms with Crippen molar-refractivity contribution in [2.24, 2.45) is 5.41 Å². The van der Waals surface area contributed by atoms with Crippen LogP contribution in [0.5, 0.6) is 0 Å². The predicted molar refractivity (Wildman–Crippen MR) is 82.4 cm³/mol. The van der Waals surface area contributed by atoms with Crippen LogP contribution in [-0.2, 0) is 22.4 Å². The summed E-state index contributed by atoms with van der Waals surface area (Å²) in [6.45, 7) is 1.37. The van der Waals surface area contributed by atoms with Gasteiger partial charge < -0.3 is 20.1 Å². The summed E-state index contributed by atoms with van der Waals surface area (Å²) in [7, 11) is 0. The number of carboxylic acids is 1. The Morgan fingerprint density at radius 1 is 1.22 bits per heavy atom. The summed E-state index contributed by atoms with van der Waals surface area (Å²) in [6.07, 6.45) is 5.86. The molecular formula is C17H22N2O4. The van der Waals surface area contributed by atoms with Crippen LogP contribution < -0.4 is 5.32 Å². The lowest BCUT2D eigenvalue weighted by atomic mass is 9.54. The molecule has 1 aromatic rings. The van der Waals surface area contributed by atoms with Crippen LogP contribution in [0.3, 0.4) is 0 Å². The number of H-pyrrole nitrogens is 1. The third-order valence-electron chi connectivity index (χ3n) is 5.78. The van der Waals surface area contributed by atoms with Gasteiger partial charge in [0.05, 0.1) is 0 Å². The molecule has 0 bridgehead atoms. The van der Waals surface area contributed by atoms with Gasteiger partial charge in [-0.3, -0.25) is 4.79 Å². The lowest BCUT2D eigenvalue weighted by Gasteiger charge is -2.55. The van der Waals surface area contributed by atoms with Crippen LogP contribution in [-0.4, -0.2) is 40.7 Å². The normalized spacial score (nSPS) is 24.0. The lowest BCUT2D eigenvalue weighted by Crippen LogP contribution is -2.67. The highest BCUT2D eigenvalue weighted by Crippen LogP contribution is 2.54. The van der Waals surface area contributed by atoms with Crippen LogP contribution in [0.15, 0.2) is 6.07 Å². The summed E-state index contributed by atoms with van der Waals surface area (Å²) in [5.74, 6) is -1.23. The molecule has 6 nitrogen and oxygen atoms in total. The molecule has 3 N–H and O–H groups in total. The average Bonchev–Trinajstić information content (AvgIpc) is 3.07. The van der Waals surface area contributed by atoms with Crippen molar-refractivity contribution >= 4 is 11.9 Å². The SMILES string of the molecule is O=C(NC1(C(=O)O)CC2(CCOCC2)C1)c1cc2c([nH]1)CCC2. The van der Waals surface area contributed by atoms with E-state index in [-0.39, 0.29) is 11.3 Å². The van der Waals surface area contributed by atoms with E-state index in [2.05, 4.69) is 10.3 Å². The van der Waals surface area contributed by atoms with Gasteiger partial charge in [0, 0.05) is 18.9 Å². The van der Waals surface area contributed by atoms with E-state index < -0.39 is 11.5 Å². The summed E-state index contributed by atoms with van der Waals surface area (Å²) >= 11 is 0. The molecule has 0 atom stereocenters. The van der Waals surface area contributed by atoms with Gasteiger partial charge in [-0.25, -0.2) is 4.79 Å². The summed E-state index contributed by atoms with van der Waals surface area (Å²) < 4.78 is 5.37. The molecule has 1 saturated heterocycles. The van der Waals surface area contributed by atoms with Crippen LogP contribution in [0, 0.1) is 5.41 Å². The fourth-order valence-corrected chi connectivity index (χ4v) is 4.53. The molecule has 124 valence electrons. The number of carboxylic acid groups (broad SMARTS) is 1. The van der Waals surface area contributed by atoms with Crippen LogP contribution in [0.2, 0.25) is 0 Å². The van der Waals surface area contributed by atoms with E-state index in [0.29, 0.717) is 31.7 Å². The number of aromatic nitrogens is 1. The van der Waals surface area contributed by atoms with Gasteiger partial charge in [0.25, 0.3) is 5.91 Å². The molecule has 6 heteroatoms. The van der Waals surface area contributed by atoms with Gasteiger partial charge in [0.2, 0.25) is 0 Å². The molecule has 23 heavy (non-hydrogen) atoms. The highest BCUT2D eigenvalue weighted by molar-refractivity contribution is 5.97. The number of hydrogen-bond acceptors (Lipinski definition) is 3. The number of hydrogen-bond donors (Lipinski definition) is 3. The monoisotopic (exact) mass is 318 g/mol. The van der Waals surface area contributed by atoms with Gasteiger partial charge in [-0.2, -0.15) is 0 Å². The molecule has 3 aliphatic rings. The molecule has 0 aromatic carbocycles. The summed E-state index contributed by atoms with van der Waals surface area (Å²) in [5, 5.41) is 12.4. The minimum absolute atomic E-state index is 0.0292. The van der Waals surface area contributed by atoms with Crippen molar-refractivity contribution in [2.45, 2.75) is 50.5 Å². The van der Waals surface area contributed by atoms with Crippen LogP contribution in [0.4, 0.5) is 0 Å². The summed E-state index contributed by atoms with van der Waals surface area (Å²) in [4.78, 5) is 27.4. The van der Waals surface area contributed by atoms with Gasteiger partial charge >= 0.3 is 5.97 Å². The second-order valence-electron chi connectivity index (χ2n) is 7.35. The standard InChI is InChI=1S/C17H22N2O4/c20-14(13-8-11-2-1-3-12(11)18-13)19-17(15(21)22)9-16(10-17)4-6-23-7-5-16/h8,18H,1-7,9-10H2,(H,19,20)(H,21,22). The minimum atomic E-state index is -1.12. The zero-order valence-electron chi connectivity index (χ0n) is 13.1. The summed E-state index contributed by atoms with van der Waals surface area (Å²) in [5.41, 5.74) is 1.71. The molecule has 2 fully saturated rings. The number of fused-ring (bicyclic) bond motifs is 1. The molecule has 2 heterocycles. The van der Waals surface area contributed by atoms with Crippen molar-refractivity contribution in [3.63, 3.8) is 0 Å². The maximum absolute atomic E-state index is 12.5. The zero-order chi connectivity index (χ0) is 16.1. The minimum Gasteiger partial charge on any atom is -0.480 e. The highest BCUT2D eigenvalue weighted by Gasteiger charge is 2.60. The Bertz CT molecular complexity index is 628. The van der Waals surface area contributed by atoms with Crippen molar-refractivity contribution in [1.29, 1.82) is 0 Å². The van der Waals surface area contributed by atoms with Crippen molar-refractivity contribution in [1.82, 2.24) is 10.3 Å². The number of aromatic amines is 1. The fraction of sp³-hybridized carbons (Fsp3) is 0.647. The maximum Gasteiger partial charge on any atom is 0.329 e. The Kier molecular flexibility index (Phi) is 3.27. The zero-order valence-corrected chi connectivity index (χ0v) is 13.1. The molecule has 4 rings (SSSR count). The number of rotatable bonds is 3. The predicted octanol–water partition coefficient (Wildman–Crippen LogP) is 1.65. The van der Waals surface area contributed by atoms with Gasteiger partial charge in [-0.1, -0.05) is 0 Å². The quantitative estimate of drug-likeness (QED) is 0.790. The Morgan fingerprint density at radius 2 is 1.96 bits per heavy atom. The van der Waals surface area contributed by atoms with Crippen LogP contribution >= 0.6 is 0 Å². The first-order chi connectivity index (χ1) is 11.0. The number of carbonyl (C=O) groups excluding carboxylic acids is 1. The smallest absolute Gasteiger partial charge is 0.329 e. The highest BCUT2D eigenvalue weighted by atomic mass is 16.5. The number of ether oxygens (including phenoxy) is 1. The number of carbonyl (C=O) groups is 2. The first-order valence-corrected chi connectivity index (χ1v) is 8.36. The number of amides is 1. The summed E-state index contributed by atoms with van der Waals surface area (Å²) in [6, 6.07) is 1.87. The molecule has 1 aliphatic heterocycles. The Hall–Kier alpha value is -1.82. The van der Waals surface area contributed by atoms with Gasteiger partial charge in [-0.05, 0) is 62.0 Å². The van der Waals surface area contributed by atoms with Gasteiger partial charge in [0.1, 0.15) is 11.2 Å². The first kappa shape index (κ1) is 14.8. The third-order valence-corrected chi connectivity index (χ3v) is 5.78. The Labute approximate surface area is 134 Å². The number of nitrogens with one attached hydrogen (secondary N) is 2. The second-order valence-corrected chi connectivity index (χ2v) is 7.35. The van der Waals surface area contributed by atoms with Crippen LogP contribution in [0.1, 0.15) is 53.8 Å². The average molecular weight is 318 g/mol. The largest absolute Gasteiger partial charge is 0.480 e. The molecular weight excluding hydrogens is 296 g/mol. The van der Waals surface area contributed by atoms with E-state index in [1.807, 2.05) is 6.07 Å². The molecule has 1 amide bonds. The lowest BCUT2D eigenvalue weighted by molar-refractivity contribution is -0.161. The molecule has 1 saturated carbocycles. The van der Waals surface area contributed by atoms with E-state index in [1.54, 1.807) is 0 Å². The van der Waals surface area contributed by atoms with Crippen molar-refractivity contribution < 1.29 is 19.4 Å². The van der Waals surface area contributed by atoms with E-state index in [0.717, 1.165) is 37.8 Å². The van der Waals surface area contributed by atoms with E-state index in [1.165, 1.54) is 5.56 Å². The molecule has 1 spiro atoms. The van der Waals surface area contributed by atoms with E-state index in [9.17, 15) is 14.7 Å². The fourth-order valence-electron chi connectivity index (χ4n) is 4.53. The van der Waals surface area contributed by atoms with Gasteiger partial charge in [0.15, 0.2) is 0 Å². The van der Waals surface area contributed by atoms with Crippen molar-refractivity contribution in [2.75, 3.05) is 13.2 Å². The topological polar surface area (TPSA) is 91.4 Å². The second kappa shape index (κ2) is 5.09. The Morgan fingerprint density at radius 3 is 2.61 bits per heavy atom.